The molecule has 23 heavy (non-hydrogen) atoms. The Balaban J connectivity index is 0.000000615. The molecule has 0 N–H and O–H groups in total. The van der Waals surface area contributed by atoms with Crippen molar-refractivity contribution in [1.29, 1.82) is 0 Å². The molecule has 2 aliphatic rings. The normalized spacial score (nSPS) is 21.5. The molecule has 1 atom stereocenters. The summed E-state index contributed by atoms with van der Waals surface area (Å²) in [7, 11) is 0. The summed E-state index contributed by atoms with van der Waals surface area (Å²) < 4.78 is 14.8. The van der Waals surface area contributed by atoms with E-state index < -0.39 is 0 Å². The van der Waals surface area contributed by atoms with Crippen molar-refractivity contribution in [2.45, 2.75) is 62.9 Å². The number of fused-ring (bicyclic) bond motifs is 1. The van der Waals surface area contributed by atoms with Gasteiger partial charge in [-0.15, -0.1) is 0 Å². The number of rotatable bonds is 1. The third-order valence-electron chi connectivity index (χ3n) is 4.32. The molecule has 1 unspecified atom stereocenters. The molecule has 0 aromatic heterocycles. The average molecular weight is 514 g/mol. The molecule has 2 nitrogen and oxygen atoms in total. The van der Waals surface area contributed by atoms with Crippen LogP contribution in [0.2, 0.25) is 3.48 Å². The van der Waals surface area contributed by atoms with Gasteiger partial charge in [0.25, 0.3) is 0 Å². The van der Waals surface area contributed by atoms with E-state index in [-0.39, 0.29) is 17.6 Å². The van der Waals surface area contributed by atoms with Gasteiger partial charge in [0.2, 0.25) is 0 Å². The predicted molar refractivity (Wildman–Crippen MR) is 95.6 cm³/mol. The van der Waals surface area contributed by atoms with Gasteiger partial charge < -0.3 is 0 Å². The van der Waals surface area contributed by atoms with Crippen LogP contribution in [-0.4, -0.2) is 55.6 Å². The van der Waals surface area contributed by atoms with Gasteiger partial charge in [-0.3, -0.25) is 0 Å². The van der Waals surface area contributed by atoms with Gasteiger partial charge in [0.05, 0.1) is 0 Å². The zero-order valence-electron chi connectivity index (χ0n) is 14.9. The summed E-state index contributed by atoms with van der Waals surface area (Å²) in [6.07, 6.45) is 3.38. The molecule has 1 heterocycles. The van der Waals surface area contributed by atoms with Crippen molar-refractivity contribution in [2.24, 2.45) is 0 Å². The number of halogens is 1. The molecule has 3 rings (SSSR count). The van der Waals surface area contributed by atoms with Crippen molar-refractivity contribution in [3.8, 4) is 0 Å². The SMILES string of the molecule is CC.CC.O=C1Cc2cccc(F)c2CC1N1CC[CH]([Pb])CC1. The molecule has 0 spiro atoms. The first kappa shape index (κ1) is 20.7. The third kappa shape index (κ3) is 5.34. The standard InChI is InChI=1S/C15H17FNO.2C2H6.Pb/c16-13-6-4-5-11-9-15(18)14(10-12(11)13)17-7-2-1-3-8-17;2*1-2;/h1,4-6,14H,2-3,7-10H2;2*1-2H3;. The fourth-order valence-electron chi connectivity index (χ4n) is 3.15. The molecule has 0 bridgehead atoms. The van der Waals surface area contributed by atoms with Crippen molar-refractivity contribution < 1.29 is 9.18 Å². The van der Waals surface area contributed by atoms with E-state index >= 15 is 0 Å². The number of hydrogen-bond acceptors (Lipinski definition) is 2. The fraction of sp³-hybridized carbons (Fsp3) is 0.632. The van der Waals surface area contributed by atoms with Crippen LogP contribution in [0, 0.1) is 5.82 Å². The van der Waals surface area contributed by atoms with E-state index in [2.05, 4.69) is 4.90 Å². The first-order chi connectivity index (χ1) is 11.1. The van der Waals surface area contributed by atoms with Crippen molar-refractivity contribution >= 4 is 31.6 Å². The molecule has 1 aliphatic heterocycles. The van der Waals surface area contributed by atoms with Crippen molar-refractivity contribution in [3.05, 3.63) is 35.1 Å². The van der Waals surface area contributed by atoms with Gasteiger partial charge in [-0.25, -0.2) is 0 Å². The number of benzene rings is 1. The number of carbonyl (C=O) groups is 1. The van der Waals surface area contributed by atoms with Gasteiger partial charge in [0.1, 0.15) is 0 Å². The number of nitrogens with zero attached hydrogens (tertiary/aromatic N) is 1. The molecular weight excluding hydrogens is 484 g/mol. The van der Waals surface area contributed by atoms with Crippen LogP contribution in [0.25, 0.3) is 0 Å². The predicted octanol–water partition coefficient (Wildman–Crippen LogP) is 3.97. The second-order valence-corrected chi connectivity index (χ2v) is 8.72. The average Bonchev–Trinajstić information content (AvgIpc) is 2.59. The number of carbonyl (C=O) groups excluding carboxylic acids is 1. The molecule has 4 heteroatoms. The molecule has 1 aromatic carbocycles. The number of Topliss-reactive ketones (excluding diaryl/α,β-unsaturated/α-hetero) is 1. The van der Waals surface area contributed by atoms with Gasteiger partial charge >= 0.3 is 129 Å². The van der Waals surface area contributed by atoms with Crippen LogP contribution < -0.4 is 0 Å². The molecular formula is C19H29FNOPb. The molecule has 1 fully saturated rings. The third-order valence-corrected chi connectivity index (χ3v) is 6.56. The Bertz CT molecular complexity index is 498. The van der Waals surface area contributed by atoms with Gasteiger partial charge in [-0.2, -0.15) is 0 Å². The maximum absolute atomic E-state index is 13.9. The molecule has 3 radical (unpaired) electrons. The number of hydrogen-bond donors (Lipinski definition) is 0. The monoisotopic (exact) mass is 514 g/mol. The van der Waals surface area contributed by atoms with Crippen LogP contribution in [0.1, 0.15) is 51.7 Å². The first-order valence-corrected chi connectivity index (χ1v) is 11.1. The summed E-state index contributed by atoms with van der Waals surface area (Å²) in [5.74, 6) is 0.123. The molecule has 1 aromatic rings. The summed E-state index contributed by atoms with van der Waals surface area (Å²) in [6.45, 7) is 10.0. The van der Waals surface area contributed by atoms with Crippen LogP contribution in [0.15, 0.2) is 18.2 Å². The van der Waals surface area contributed by atoms with E-state index in [0.29, 0.717) is 12.8 Å². The Morgan fingerprint density at radius 3 is 2.35 bits per heavy atom. The molecule has 0 amide bonds. The topological polar surface area (TPSA) is 20.3 Å². The van der Waals surface area contributed by atoms with E-state index in [4.69, 9.17) is 0 Å². The number of piperidine rings is 1. The van der Waals surface area contributed by atoms with Crippen LogP contribution in [0.4, 0.5) is 4.39 Å². The molecule has 1 saturated heterocycles. The summed E-state index contributed by atoms with van der Waals surface area (Å²) in [5.41, 5.74) is 1.65. The van der Waals surface area contributed by atoms with Crippen LogP contribution in [0.5, 0.6) is 0 Å². The Morgan fingerprint density at radius 2 is 1.74 bits per heavy atom. The zero-order valence-corrected chi connectivity index (χ0v) is 18.8. The second-order valence-electron chi connectivity index (χ2n) is 5.55. The minimum absolute atomic E-state index is 0.0847. The second kappa shape index (κ2) is 10.5. The minimum atomic E-state index is -0.146. The van der Waals surface area contributed by atoms with Gasteiger partial charge in [0.15, 0.2) is 0 Å². The van der Waals surface area contributed by atoms with Gasteiger partial charge in [0, 0.05) is 0 Å². The van der Waals surface area contributed by atoms with Crippen molar-refractivity contribution in [1.82, 2.24) is 4.90 Å². The summed E-state index contributed by atoms with van der Waals surface area (Å²) in [6, 6.07) is 5.01. The summed E-state index contributed by atoms with van der Waals surface area (Å²) in [5, 5.41) is 0. The van der Waals surface area contributed by atoms with Gasteiger partial charge in [-0.05, 0) is 0 Å². The molecule has 127 valence electrons. The van der Waals surface area contributed by atoms with E-state index in [1.54, 1.807) is 6.07 Å². The van der Waals surface area contributed by atoms with Crippen molar-refractivity contribution in [2.75, 3.05) is 13.1 Å². The zero-order chi connectivity index (χ0) is 17.4. The number of ketones is 1. The molecule has 0 saturated carbocycles. The first-order valence-electron chi connectivity index (χ1n) is 8.89. The van der Waals surface area contributed by atoms with Crippen LogP contribution >= 0.6 is 0 Å². The van der Waals surface area contributed by atoms with E-state index in [1.165, 1.54) is 44.7 Å². The summed E-state index contributed by atoms with van der Waals surface area (Å²) in [4.78, 5) is 14.6. The Kier molecular flexibility index (Phi) is 9.51. The Labute approximate surface area is 156 Å². The van der Waals surface area contributed by atoms with E-state index in [9.17, 15) is 9.18 Å². The quantitative estimate of drug-likeness (QED) is 0.530. The Morgan fingerprint density at radius 1 is 1.13 bits per heavy atom. The summed E-state index contributed by atoms with van der Waals surface area (Å²) >= 11 is 1.25. The maximum atomic E-state index is 13.9. The number of likely N-dealkylation sites (tertiary alicyclic amines) is 1. The molecule has 1 aliphatic carbocycles. The Hall–Kier alpha value is -0.298. The van der Waals surface area contributed by atoms with E-state index in [0.717, 1.165) is 27.7 Å². The van der Waals surface area contributed by atoms with Crippen molar-refractivity contribution in [3.63, 3.8) is 0 Å². The van der Waals surface area contributed by atoms with E-state index in [1.807, 2.05) is 33.8 Å². The van der Waals surface area contributed by atoms with Crippen LogP contribution in [-0.2, 0) is 17.6 Å². The fourth-order valence-corrected chi connectivity index (χ4v) is 4.16. The van der Waals surface area contributed by atoms with Gasteiger partial charge in [-0.1, -0.05) is 27.7 Å². The van der Waals surface area contributed by atoms with Crippen LogP contribution in [0.3, 0.4) is 0 Å².